The van der Waals surface area contributed by atoms with Crippen LogP contribution in [0.4, 0.5) is 8.78 Å². The molecule has 1 aliphatic heterocycles. The molecule has 1 aliphatic rings. The Hall–Kier alpha value is -1.00. The number of hydrogen-bond donors (Lipinski definition) is 1. The van der Waals surface area contributed by atoms with Gasteiger partial charge in [-0.2, -0.15) is 0 Å². The second kappa shape index (κ2) is 4.24. The molecule has 0 radical (unpaired) electrons. The van der Waals surface area contributed by atoms with E-state index in [0.717, 1.165) is 0 Å². The summed E-state index contributed by atoms with van der Waals surface area (Å²) in [4.78, 5) is 1.85. The van der Waals surface area contributed by atoms with Crippen molar-refractivity contribution in [2.24, 2.45) is 0 Å². The molecule has 0 spiro atoms. The largest absolute Gasteiger partial charge is 0.392 e. The number of β-amino-alcohol motifs (C(OH)–C–C–N with tert-alkyl or cyclic N) is 1. The third-order valence-electron chi connectivity index (χ3n) is 2.69. The summed E-state index contributed by atoms with van der Waals surface area (Å²) in [5.74, 6) is -1.03. The second-order valence-electron chi connectivity index (χ2n) is 3.88. The smallest absolute Gasteiger partial charge is 0.130 e. The van der Waals surface area contributed by atoms with Crippen molar-refractivity contribution in [1.82, 2.24) is 4.90 Å². The summed E-state index contributed by atoms with van der Waals surface area (Å²) < 4.78 is 26.5. The van der Waals surface area contributed by atoms with E-state index in [1.807, 2.05) is 4.90 Å². The van der Waals surface area contributed by atoms with Gasteiger partial charge in [0.2, 0.25) is 0 Å². The lowest BCUT2D eigenvalue weighted by Gasteiger charge is -2.15. The Bertz CT molecular complexity index is 336. The minimum absolute atomic E-state index is 0.0894. The standard InChI is InChI=1S/C11H13F2NO/c12-10-2-1-3-11(13)9(10)7-14-5-4-8(15)6-14/h1-3,8,15H,4-7H2/t8-/m0/s1. The van der Waals surface area contributed by atoms with Crippen LogP contribution in [0.1, 0.15) is 12.0 Å². The SMILES string of the molecule is O[C@H]1CCN(Cc2c(F)cccc2F)C1. The summed E-state index contributed by atoms with van der Waals surface area (Å²) in [6.07, 6.45) is 0.315. The zero-order valence-electron chi connectivity index (χ0n) is 8.29. The molecule has 1 N–H and O–H groups in total. The highest BCUT2D eigenvalue weighted by Crippen LogP contribution is 2.18. The molecule has 0 bridgehead atoms. The molecule has 82 valence electrons. The molecule has 1 aromatic rings. The number of aliphatic hydroxyl groups excluding tert-OH is 1. The quantitative estimate of drug-likeness (QED) is 0.805. The Balaban J connectivity index is 2.10. The molecule has 0 unspecified atom stereocenters. The third kappa shape index (κ3) is 2.33. The van der Waals surface area contributed by atoms with Crippen LogP contribution >= 0.6 is 0 Å². The minimum atomic E-state index is -0.517. The van der Waals surface area contributed by atoms with Crippen LogP contribution < -0.4 is 0 Å². The molecule has 4 heteroatoms. The van der Waals surface area contributed by atoms with Crippen molar-refractivity contribution >= 4 is 0 Å². The molecule has 0 amide bonds. The van der Waals surface area contributed by atoms with Gasteiger partial charge >= 0.3 is 0 Å². The highest BCUT2D eigenvalue weighted by Gasteiger charge is 2.22. The molecule has 1 heterocycles. The van der Waals surface area contributed by atoms with Crippen LogP contribution in [0, 0.1) is 11.6 Å². The number of benzene rings is 1. The maximum atomic E-state index is 13.3. The first-order valence-electron chi connectivity index (χ1n) is 5.00. The van der Waals surface area contributed by atoms with E-state index >= 15 is 0 Å². The lowest BCUT2D eigenvalue weighted by molar-refractivity contribution is 0.174. The molecule has 1 atom stereocenters. The van der Waals surface area contributed by atoms with Crippen LogP contribution in [-0.4, -0.2) is 29.2 Å². The summed E-state index contributed by atoms with van der Waals surface area (Å²) in [6.45, 7) is 1.41. The highest BCUT2D eigenvalue weighted by atomic mass is 19.1. The van der Waals surface area contributed by atoms with Gasteiger partial charge in [0.1, 0.15) is 11.6 Å². The van der Waals surface area contributed by atoms with Gasteiger partial charge in [-0.15, -0.1) is 0 Å². The number of hydrogen-bond acceptors (Lipinski definition) is 2. The van der Waals surface area contributed by atoms with Gasteiger partial charge in [0, 0.05) is 25.2 Å². The van der Waals surface area contributed by atoms with Gasteiger partial charge in [0.05, 0.1) is 6.10 Å². The van der Waals surface area contributed by atoms with Crippen molar-refractivity contribution in [3.63, 3.8) is 0 Å². The topological polar surface area (TPSA) is 23.5 Å². The average molecular weight is 213 g/mol. The molecule has 2 nitrogen and oxygen atoms in total. The Kier molecular flexibility index (Phi) is 2.98. The van der Waals surface area contributed by atoms with E-state index in [9.17, 15) is 13.9 Å². The summed E-state index contributed by atoms with van der Waals surface area (Å²) in [5, 5.41) is 9.29. The van der Waals surface area contributed by atoms with Gasteiger partial charge in [-0.1, -0.05) is 6.07 Å². The number of rotatable bonds is 2. The first-order chi connectivity index (χ1) is 7.16. The Morgan fingerprint density at radius 3 is 2.53 bits per heavy atom. The fraction of sp³-hybridized carbons (Fsp3) is 0.455. The van der Waals surface area contributed by atoms with Gasteiger partial charge in [0.15, 0.2) is 0 Å². The predicted octanol–water partition coefficient (Wildman–Crippen LogP) is 1.53. The van der Waals surface area contributed by atoms with Crippen LogP contribution in [0.15, 0.2) is 18.2 Å². The van der Waals surface area contributed by atoms with E-state index in [-0.39, 0.29) is 18.2 Å². The predicted molar refractivity (Wildman–Crippen MR) is 52.3 cm³/mol. The molecule has 1 fully saturated rings. The third-order valence-corrected chi connectivity index (χ3v) is 2.69. The van der Waals surface area contributed by atoms with E-state index < -0.39 is 11.6 Å². The van der Waals surface area contributed by atoms with Gasteiger partial charge in [0.25, 0.3) is 0 Å². The molecule has 0 aromatic heterocycles. The molecular weight excluding hydrogens is 200 g/mol. The first-order valence-corrected chi connectivity index (χ1v) is 5.00. The van der Waals surface area contributed by atoms with Crippen LogP contribution in [0.25, 0.3) is 0 Å². The molecule has 1 saturated heterocycles. The monoisotopic (exact) mass is 213 g/mol. The van der Waals surface area contributed by atoms with Crippen molar-refractivity contribution in [2.75, 3.05) is 13.1 Å². The fourth-order valence-corrected chi connectivity index (χ4v) is 1.86. The summed E-state index contributed by atoms with van der Waals surface area (Å²) in [7, 11) is 0. The molecule has 0 saturated carbocycles. The molecular formula is C11H13F2NO. The lowest BCUT2D eigenvalue weighted by atomic mass is 10.2. The molecule has 1 aromatic carbocycles. The highest BCUT2D eigenvalue weighted by molar-refractivity contribution is 5.19. The van der Waals surface area contributed by atoms with E-state index in [1.54, 1.807) is 0 Å². The Morgan fingerprint density at radius 1 is 1.33 bits per heavy atom. The van der Waals surface area contributed by atoms with Crippen molar-refractivity contribution in [2.45, 2.75) is 19.1 Å². The Labute approximate surface area is 87.1 Å². The molecule has 15 heavy (non-hydrogen) atoms. The Morgan fingerprint density at radius 2 is 2.00 bits per heavy atom. The maximum Gasteiger partial charge on any atom is 0.130 e. The second-order valence-corrected chi connectivity index (χ2v) is 3.88. The van der Waals surface area contributed by atoms with Crippen LogP contribution in [-0.2, 0) is 6.54 Å². The van der Waals surface area contributed by atoms with E-state index in [2.05, 4.69) is 0 Å². The van der Waals surface area contributed by atoms with Crippen molar-refractivity contribution < 1.29 is 13.9 Å². The summed E-state index contributed by atoms with van der Waals surface area (Å²) in [5.41, 5.74) is 0.0894. The molecule has 2 rings (SSSR count). The number of likely N-dealkylation sites (tertiary alicyclic amines) is 1. The fourth-order valence-electron chi connectivity index (χ4n) is 1.86. The zero-order valence-corrected chi connectivity index (χ0v) is 8.29. The van der Waals surface area contributed by atoms with Crippen molar-refractivity contribution in [3.8, 4) is 0 Å². The van der Waals surface area contributed by atoms with Crippen LogP contribution in [0.2, 0.25) is 0 Å². The van der Waals surface area contributed by atoms with E-state index in [1.165, 1.54) is 18.2 Å². The number of aliphatic hydroxyl groups is 1. The number of nitrogens with zero attached hydrogens (tertiary/aromatic N) is 1. The van der Waals surface area contributed by atoms with Gasteiger partial charge < -0.3 is 5.11 Å². The van der Waals surface area contributed by atoms with Crippen LogP contribution in [0.5, 0.6) is 0 Å². The summed E-state index contributed by atoms with van der Waals surface area (Å²) >= 11 is 0. The normalized spacial score (nSPS) is 22.2. The molecule has 0 aliphatic carbocycles. The minimum Gasteiger partial charge on any atom is -0.392 e. The zero-order chi connectivity index (χ0) is 10.8. The van der Waals surface area contributed by atoms with E-state index in [0.29, 0.717) is 19.5 Å². The van der Waals surface area contributed by atoms with Crippen molar-refractivity contribution in [3.05, 3.63) is 35.4 Å². The van der Waals surface area contributed by atoms with Gasteiger partial charge in [-0.25, -0.2) is 8.78 Å². The first kappa shape index (κ1) is 10.5. The van der Waals surface area contributed by atoms with Gasteiger partial charge in [-0.3, -0.25) is 4.90 Å². The van der Waals surface area contributed by atoms with Gasteiger partial charge in [-0.05, 0) is 18.6 Å². The van der Waals surface area contributed by atoms with Crippen LogP contribution in [0.3, 0.4) is 0 Å². The lowest BCUT2D eigenvalue weighted by Crippen LogP contribution is -2.22. The summed E-state index contributed by atoms with van der Waals surface area (Å²) in [6, 6.07) is 3.86. The maximum absolute atomic E-state index is 13.3. The number of halogens is 2. The van der Waals surface area contributed by atoms with E-state index in [4.69, 9.17) is 0 Å². The average Bonchev–Trinajstić information content (AvgIpc) is 2.58. The van der Waals surface area contributed by atoms with Crippen molar-refractivity contribution in [1.29, 1.82) is 0 Å².